The number of hydrogen-bond donors (Lipinski definition) is 4. The maximum Gasteiger partial charge on any atom is 0.282 e. The van der Waals surface area contributed by atoms with Gasteiger partial charge >= 0.3 is 0 Å². The number of hydrogen-bond acceptors (Lipinski definition) is 7. The van der Waals surface area contributed by atoms with Gasteiger partial charge in [0.25, 0.3) is 5.91 Å². The summed E-state index contributed by atoms with van der Waals surface area (Å²) in [6.45, 7) is 0. The lowest BCUT2D eigenvalue weighted by Gasteiger charge is -2.15. The lowest BCUT2D eigenvalue weighted by atomic mass is 10.0. The summed E-state index contributed by atoms with van der Waals surface area (Å²) in [7, 11) is 3.19. The minimum absolute atomic E-state index is 0.126. The van der Waals surface area contributed by atoms with Gasteiger partial charge in [-0.05, 0) is 30.7 Å². The Morgan fingerprint density at radius 1 is 1.14 bits per heavy atom. The molecule has 0 bridgehead atoms. The first kappa shape index (κ1) is 18.9. The van der Waals surface area contributed by atoms with Gasteiger partial charge in [0.2, 0.25) is 5.88 Å². The Kier molecular flexibility index (Phi) is 5.15. The summed E-state index contributed by atoms with van der Waals surface area (Å²) in [4.78, 5) is 15.3. The third kappa shape index (κ3) is 3.65. The zero-order chi connectivity index (χ0) is 20.4. The minimum atomic E-state index is -0.563. The van der Waals surface area contributed by atoms with Crippen LogP contribution in [-0.4, -0.2) is 36.3 Å². The number of rotatable bonds is 5. The lowest BCUT2D eigenvalue weighted by Crippen LogP contribution is -2.35. The number of carbonyl (C=O) groups excluding carboxylic acids is 1. The van der Waals surface area contributed by atoms with Gasteiger partial charge in [0.1, 0.15) is 17.5 Å². The molecule has 1 aliphatic rings. The molecule has 1 aromatic heterocycles. The molecule has 4 N–H and O–H groups in total. The molecule has 9 nitrogen and oxygen atoms in total. The van der Waals surface area contributed by atoms with Gasteiger partial charge in [-0.2, -0.15) is 0 Å². The Balaban J connectivity index is 1.50. The van der Waals surface area contributed by atoms with Gasteiger partial charge in [-0.3, -0.25) is 4.79 Å². The predicted molar refractivity (Wildman–Crippen MR) is 106 cm³/mol. The topological polar surface area (TPSA) is 120 Å². The number of methoxy groups -OCH3 is 2. The van der Waals surface area contributed by atoms with Gasteiger partial charge in [0.15, 0.2) is 5.69 Å². The molecular formula is C20H21N5O4. The molecule has 1 saturated heterocycles. The molecule has 2 atom stereocenters. The Labute approximate surface area is 166 Å². The Bertz CT molecular complexity index is 1080. The van der Waals surface area contributed by atoms with Crippen molar-refractivity contribution in [3.63, 3.8) is 0 Å². The smallest absolute Gasteiger partial charge is 0.282 e. The molecule has 1 amide bonds. The van der Waals surface area contributed by atoms with Crippen molar-refractivity contribution in [2.24, 2.45) is 10.2 Å². The average Bonchev–Trinajstić information content (AvgIpc) is 3.36. The van der Waals surface area contributed by atoms with E-state index in [1.54, 1.807) is 20.3 Å². The van der Waals surface area contributed by atoms with E-state index >= 15 is 0 Å². The van der Waals surface area contributed by atoms with E-state index in [4.69, 9.17) is 9.47 Å². The molecule has 4 rings (SSSR count). The highest BCUT2D eigenvalue weighted by atomic mass is 16.5. The molecule has 1 aliphatic heterocycles. The normalized spacial score (nSPS) is 19.1. The van der Waals surface area contributed by atoms with Crippen molar-refractivity contribution in [3.8, 4) is 17.4 Å². The number of H-pyrrole nitrogens is 1. The summed E-state index contributed by atoms with van der Waals surface area (Å²) < 4.78 is 10.7. The van der Waals surface area contributed by atoms with Crippen LogP contribution in [0.2, 0.25) is 0 Å². The first-order valence-corrected chi connectivity index (χ1v) is 9.09. The molecule has 150 valence electrons. The number of benzene rings is 2. The first-order valence-electron chi connectivity index (χ1n) is 9.09. The Hall–Kier alpha value is -3.43. The number of aromatic nitrogens is 1. The Morgan fingerprint density at radius 2 is 1.97 bits per heavy atom. The van der Waals surface area contributed by atoms with Crippen LogP contribution in [-0.2, 0) is 4.79 Å². The van der Waals surface area contributed by atoms with Crippen LogP contribution in [0.1, 0.15) is 18.0 Å². The van der Waals surface area contributed by atoms with Gasteiger partial charge < -0.3 is 19.6 Å². The highest BCUT2D eigenvalue weighted by Crippen LogP contribution is 2.36. The maximum absolute atomic E-state index is 12.5. The number of azo groups is 1. The summed E-state index contributed by atoms with van der Waals surface area (Å²) in [5.41, 5.74) is 7.89. The molecule has 1 fully saturated rings. The number of nitrogens with one attached hydrogen (secondary N) is 3. The SMILES string of the molecule is COc1ccc(OC)c(C2CC(C(=O)N=Nc3c(O)[nH]c4ccccc34)NN2)c1. The third-order valence-corrected chi connectivity index (χ3v) is 4.92. The fourth-order valence-electron chi connectivity index (χ4n) is 3.42. The summed E-state index contributed by atoms with van der Waals surface area (Å²) in [6.07, 6.45) is 0.460. The molecule has 0 radical (unpaired) electrons. The molecule has 0 spiro atoms. The monoisotopic (exact) mass is 395 g/mol. The van der Waals surface area contributed by atoms with Crippen molar-refractivity contribution in [2.45, 2.75) is 18.5 Å². The van der Waals surface area contributed by atoms with E-state index < -0.39 is 11.9 Å². The second-order valence-electron chi connectivity index (χ2n) is 6.64. The van der Waals surface area contributed by atoms with Crippen molar-refractivity contribution in [1.82, 2.24) is 15.8 Å². The average molecular weight is 395 g/mol. The fourth-order valence-corrected chi connectivity index (χ4v) is 3.42. The van der Waals surface area contributed by atoms with E-state index in [1.165, 1.54) is 0 Å². The van der Waals surface area contributed by atoms with Crippen molar-refractivity contribution in [2.75, 3.05) is 14.2 Å². The van der Waals surface area contributed by atoms with Crippen LogP contribution in [0.4, 0.5) is 5.69 Å². The largest absolute Gasteiger partial charge is 0.497 e. The van der Waals surface area contributed by atoms with E-state index in [1.807, 2.05) is 36.4 Å². The molecule has 2 unspecified atom stereocenters. The number of amides is 1. The minimum Gasteiger partial charge on any atom is -0.497 e. The Morgan fingerprint density at radius 3 is 2.76 bits per heavy atom. The van der Waals surface area contributed by atoms with E-state index in [0.717, 1.165) is 11.1 Å². The van der Waals surface area contributed by atoms with Crippen LogP contribution in [0, 0.1) is 0 Å². The van der Waals surface area contributed by atoms with Gasteiger partial charge in [0.05, 0.1) is 25.8 Å². The molecule has 9 heteroatoms. The van der Waals surface area contributed by atoms with Gasteiger partial charge in [0, 0.05) is 10.9 Å². The quantitative estimate of drug-likeness (QED) is 0.493. The van der Waals surface area contributed by atoms with Crippen LogP contribution in [0.15, 0.2) is 52.7 Å². The van der Waals surface area contributed by atoms with Crippen molar-refractivity contribution >= 4 is 22.5 Å². The molecule has 0 saturated carbocycles. The summed E-state index contributed by atoms with van der Waals surface area (Å²) in [5.74, 6) is 0.834. The molecule has 3 aromatic rings. The van der Waals surface area contributed by atoms with E-state index in [0.29, 0.717) is 23.3 Å². The second-order valence-corrected chi connectivity index (χ2v) is 6.64. The fraction of sp³-hybridized carbons (Fsp3) is 0.250. The standard InChI is InChI=1S/C20H21N5O4/c1-28-11-7-8-17(29-2)13(9-11)15-10-16(23-22-15)19(26)25-24-18-12-5-3-4-6-14(12)21-20(18)27/h3-9,15-16,21-23,27H,10H2,1-2H3. The number of ether oxygens (including phenoxy) is 2. The van der Waals surface area contributed by atoms with Crippen LogP contribution >= 0.6 is 0 Å². The van der Waals surface area contributed by atoms with Crippen molar-refractivity contribution < 1.29 is 19.4 Å². The van der Waals surface area contributed by atoms with E-state index in [-0.39, 0.29) is 17.6 Å². The summed E-state index contributed by atoms with van der Waals surface area (Å²) in [6, 6.07) is 12.1. The van der Waals surface area contributed by atoms with Crippen LogP contribution in [0.5, 0.6) is 17.4 Å². The van der Waals surface area contributed by atoms with Gasteiger partial charge in [-0.25, -0.2) is 10.9 Å². The molecule has 2 aromatic carbocycles. The van der Waals surface area contributed by atoms with Crippen LogP contribution in [0.3, 0.4) is 0 Å². The van der Waals surface area contributed by atoms with E-state index in [2.05, 4.69) is 26.1 Å². The molecular weight excluding hydrogens is 374 g/mol. The number of nitrogens with zero attached hydrogens (tertiary/aromatic N) is 2. The highest BCUT2D eigenvalue weighted by molar-refractivity contribution is 5.94. The number of carbonyl (C=O) groups is 1. The van der Waals surface area contributed by atoms with Crippen molar-refractivity contribution in [1.29, 1.82) is 0 Å². The number of fused-ring (bicyclic) bond motifs is 1. The zero-order valence-electron chi connectivity index (χ0n) is 16.0. The molecule has 2 heterocycles. The van der Waals surface area contributed by atoms with E-state index in [9.17, 15) is 9.90 Å². The molecule has 29 heavy (non-hydrogen) atoms. The molecule has 0 aliphatic carbocycles. The number of para-hydroxylation sites is 1. The summed E-state index contributed by atoms with van der Waals surface area (Å²) in [5, 5.41) is 18.5. The summed E-state index contributed by atoms with van der Waals surface area (Å²) >= 11 is 0. The third-order valence-electron chi connectivity index (χ3n) is 4.92. The van der Waals surface area contributed by atoms with Crippen LogP contribution < -0.4 is 20.3 Å². The predicted octanol–water partition coefficient (Wildman–Crippen LogP) is 3.11. The maximum atomic E-state index is 12.5. The van der Waals surface area contributed by atoms with Crippen LogP contribution in [0.25, 0.3) is 10.9 Å². The van der Waals surface area contributed by atoms with Gasteiger partial charge in [-0.1, -0.05) is 18.2 Å². The number of aromatic amines is 1. The second kappa shape index (κ2) is 7.90. The first-order chi connectivity index (χ1) is 14.1. The zero-order valence-corrected chi connectivity index (χ0v) is 16.0. The lowest BCUT2D eigenvalue weighted by molar-refractivity contribution is -0.120. The highest BCUT2D eigenvalue weighted by Gasteiger charge is 2.32. The van der Waals surface area contributed by atoms with Crippen molar-refractivity contribution in [3.05, 3.63) is 48.0 Å². The number of hydrazine groups is 1. The number of aromatic hydroxyl groups is 1. The van der Waals surface area contributed by atoms with Gasteiger partial charge in [-0.15, -0.1) is 10.2 Å².